The van der Waals surface area contributed by atoms with Gasteiger partial charge in [0.2, 0.25) is 0 Å². The van der Waals surface area contributed by atoms with Crippen LogP contribution in [-0.4, -0.2) is 13.2 Å². The molecule has 0 saturated carbocycles. The number of halogens is 1. The minimum Gasteiger partial charge on any atom is -0.489 e. The molecule has 0 aliphatic heterocycles. The molecular formula is C12H18ClNO. The summed E-state index contributed by atoms with van der Waals surface area (Å²) in [6.07, 6.45) is 0.164. The van der Waals surface area contributed by atoms with Crippen molar-refractivity contribution >= 4 is 17.3 Å². The number of hydrogen-bond acceptors (Lipinski definition) is 2. The smallest absolute Gasteiger partial charge is 0.143 e. The van der Waals surface area contributed by atoms with Crippen LogP contribution in [0.4, 0.5) is 5.69 Å². The van der Waals surface area contributed by atoms with Gasteiger partial charge >= 0.3 is 0 Å². The predicted molar refractivity (Wildman–Crippen MR) is 66.2 cm³/mol. The van der Waals surface area contributed by atoms with Gasteiger partial charge in [0.1, 0.15) is 5.75 Å². The van der Waals surface area contributed by atoms with Gasteiger partial charge in [-0.25, -0.2) is 0 Å². The van der Waals surface area contributed by atoms with Crippen molar-refractivity contribution in [3.63, 3.8) is 0 Å². The van der Waals surface area contributed by atoms with E-state index in [1.807, 2.05) is 40.8 Å². The summed E-state index contributed by atoms with van der Waals surface area (Å²) in [5, 5.41) is 3.93. The number of rotatable bonds is 3. The first-order valence-corrected chi connectivity index (χ1v) is 5.49. The Hall–Kier alpha value is -0.890. The first-order valence-electron chi connectivity index (χ1n) is 5.11. The van der Waals surface area contributed by atoms with Crippen LogP contribution in [0.25, 0.3) is 0 Å². The maximum Gasteiger partial charge on any atom is 0.143 e. The summed E-state index contributed by atoms with van der Waals surface area (Å²) in [6.45, 7) is 8.01. The molecule has 84 valence electrons. The summed E-state index contributed by atoms with van der Waals surface area (Å²) in [7, 11) is 1.88. The molecule has 0 spiro atoms. The molecule has 0 unspecified atom stereocenters. The number of anilines is 1. The van der Waals surface area contributed by atoms with Crippen LogP contribution in [0.3, 0.4) is 0 Å². The number of ether oxygens (including phenoxy) is 1. The molecule has 0 atom stereocenters. The van der Waals surface area contributed by atoms with Crippen LogP contribution in [0.15, 0.2) is 6.07 Å². The minimum atomic E-state index is 0.164. The second-order valence-corrected chi connectivity index (χ2v) is 4.30. The van der Waals surface area contributed by atoms with E-state index in [2.05, 4.69) is 5.32 Å². The molecule has 0 aromatic heterocycles. The Labute approximate surface area is 96.6 Å². The monoisotopic (exact) mass is 227 g/mol. The second kappa shape index (κ2) is 4.75. The van der Waals surface area contributed by atoms with Crippen LogP contribution in [0.2, 0.25) is 5.02 Å². The first-order chi connectivity index (χ1) is 6.97. The molecule has 1 aromatic carbocycles. The van der Waals surface area contributed by atoms with E-state index in [1.54, 1.807) is 0 Å². The van der Waals surface area contributed by atoms with Gasteiger partial charge in [-0.05, 0) is 44.9 Å². The predicted octanol–water partition coefficient (Wildman–Crippen LogP) is 3.79. The van der Waals surface area contributed by atoms with Crippen LogP contribution in [0, 0.1) is 13.8 Å². The molecule has 3 heteroatoms. The molecule has 1 aromatic rings. The van der Waals surface area contributed by atoms with E-state index in [1.165, 1.54) is 0 Å². The standard InChI is InChI=1S/C12H18ClNO/c1-7(2)15-10-6-8(3)11(13)9(4)12(10)14-5/h6-7,14H,1-5H3. The highest BCUT2D eigenvalue weighted by molar-refractivity contribution is 6.32. The van der Waals surface area contributed by atoms with Crippen molar-refractivity contribution in [1.82, 2.24) is 0 Å². The summed E-state index contributed by atoms with van der Waals surface area (Å²) in [5.74, 6) is 0.868. The average Bonchev–Trinajstić information content (AvgIpc) is 2.14. The number of benzene rings is 1. The van der Waals surface area contributed by atoms with Crippen LogP contribution in [0.1, 0.15) is 25.0 Å². The average molecular weight is 228 g/mol. The van der Waals surface area contributed by atoms with Gasteiger partial charge in [0.25, 0.3) is 0 Å². The largest absolute Gasteiger partial charge is 0.489 e. The van der Waals surface area contributed by atoms with Crippen molar-refractivity contribution in [3.05, 3.63) is 22.2 Å². The summed E-state index contributed by atoms with van der Waals surface area (Å²) < 4.78 is 5.73. The molecule has 0 fully saturated rings. The topological polar surface area (TPSA) is 21.3 Å². The fraction of sp³-hybridized carbons (Fsp3) is 0.500. The Morgan fingerprint density at radius 1 is 1.33 bits per heavy atom. The van der Waals surface area contributed by atoms with Gasteiger partial charge in [-0.15, -0.1) is 0 Å². The molecule has 0 saturated heterocycles. The van der Waals surface area contributed by atoms with E-state index in [0.29, 0.717) is 0 Å². The van der Waals surface area contributed by atoms with Crippen LogP contribution in [-0.2, 0) is 0 Å². The van der Waals surface area contributed by atoms with E-state index in [4.69, 9.17) is 16.3 Å². The minimum absolute atomic E-state index is 0.164. The third-order valence-electron chi connectivity index (χ3n) is 2.26. The molecule has 1 N–H and O–H groups in total. The zero-order chi connectivity index (χ0) is 11.6. The van der Waals surface area contributed by atoms with E-state index in [9.17, 15) is 0 Å². The van der Waals surface area contributed by atoms with Crippen molar-refractivity contribution < 1.29 is 4.74 Å². The number of nitrogens with one attached hydrogen (secondary N) is 1. The second-order valence-electron chi connectivity index (χ2n) is 3.92. The molecule has 15 heavy (non-hydrogen) atoms. The highest BCUT2D eigenvalue weighted by Crippen LogP contribution is 2.36. The lowest BCUT2D eigenvalue weighted by Crippen LogP contribution is -2.08. The molecule has 0 bridgehead atoms. The van der Waals surface area contributed by atoms with Gasteiger partial charge in [0.15, 0.2) is 0 Å². The maximum atomic E-state index is 6.17. The fourth-order valence-corrected chi connectivity index (χ4v) is 1.73. The van der Waals surface area contributed by atoms with E-state index >= 15 is 0 Å². The lowest BCUT2D eigenvalue weighted by molar-refractivity contribution is 0.243. The molecule has 0 heterocycles. The van der Waals surface area contributed by atoms with Gasteiger partial charge < -0.3 is 10.1 Å². The van der Waals surface area contributed by atoms with E-state index < -0.39 is 0 Å². The highest BCUT2D eigenvalue weighted by atomic mass is 35.5. The van der Waals surface area contributed by atoms with Crippen molar-refractivity contribution in [1.29, 1.82) is 0 Å². The van der Waals surface area contributed by atoms with Gasteiger partial charge in [0.05, 0.1) is 11.8 Å². The zero-order valence-corrected chi connectivity index (χ0v) is 10.7. The fourth-order valence-electron chi connectivity index (χ4n) is 1.58. The van der Waals surface area contributed by atoms with Crippen molar-refractivity contribution in [2.45, 2.75) is 33.8 Å². The van der Waals surface area contributed by atoms with Gasteiger partial charge in [-0.3, -0.25) is 0 Å². The third-order valence-corrected chi connectivity index (χ3v) is 2.84. The Balaban J connectivity index is 3.25. The van der Waals surface area contributed by atoms with Gasteiger partial charge in [-0.1, -0.05) is 11.6 Å². The van der Waals surface area contributed by atoms with Gasteiger partial charge in [-0.2, -0.15) is 0 Å². The summed E-state index contributed by atoms with van der Waals surface area (Å²) in [6, 6.07) is 1.97. The number of hydrogen-bond donors (Lipinski definition) is 1. The molecule has 0 amide bonds. The molecule has 0 radical (unpaired) electrons. The van der Waals surface area contributed by atoms with Crippen LogP contribution < -0.4 is 10.1 Å². The molecule has 0 aliphatic carbocycles. The molecule has 2 nitrogen and oxygen atoms in total. The number of aryl methyl sites for hydroxylation is 1. The van der Waals surface area contributed by atoms with Crippen molar-refractivity contribution in [3.8, 4) is 5.75 Å². The lowest BCUT2D eigenvalue weighted by atomic mass is 10.1. The van der Waals surface area contributed by atoms with Gasteiger partial charge in [0, 0.05) is 12.1 Å². The van der Waals surface area contributed by atoms with E-state index in [0.717, 1.165) is 27.6 Å². The Bertz CT molecular complexity index is 361. The normalized spacial score (nSPS) is 10.6. The Morgan fingerprint density at radius 3 is 2.40 bits per heavy atom. The van der Waals surface area contributed by atoms with E-state index in [-0.39, 0.29) is 6.10 Å². The summed E-state index contributed by atoms with van der Waals surface area (Å²) in [5.41, 5.74) is 3.05. The maximum absolute atomic E-state index is 6.17. The zero-order valence-electron chi connectivity index (χ0n) is 9.94. The lowest BCUT2D eigenvalue weighted by Gasteiger charge is -2.18. The highest BCUT2D eigenvalue weighted by Gasteiger charge is 2.12. The molecule has 1 rings (SSSR count). The first kappa shape index (κ1) is 12.2. The summed E-state index contributed by atoms with van der Waals surface area (Å²) >= 11 is 6.17. The third kappa shape index (κ3) is 2.57. The molecular weight excluding hydrogens is 210 g/mol. The Kier molecular flexibility index (Phi) is 3.86. The van der Waals surface area contributed by atoms with Crippen molar-refractivity contribution in [2.75, 3.05) is 12.4 Å². The quantitative estimate of drug-likeness (QED) is 0.849. The summed E-state index contributed by atoms with van der Waals surface area (Å²) in [4.78, 5) is 0. The molecule has 0 aliphatic rings. The Morgan fingerprint density at radius 2 is 1.93 bits per heavy atom. The van der Waals surface area contributed by atoms with Crippen molar-refractivity contribution in [2.24, 2.45) is 0 Å². The van der Waals surface area contributed by atoms with Crippen LogP contribution >= 0.6 is 11.6 Å². The SMILES string of the molecule is CNc1c(OC(C)C)cc(C)c(Cl)c1C. The van der Waals surface area contributed by atoms with Crippen LogP contribution in [0.5, 0.6) is 5.75 Å².